The largest absolute Gasteiger partial charge is 0.456 e. The number of nitrogens with zero attached hydrogens (tertiary/aromatic N) is 8. The van der Waals surface area contributed by atoms with E-state index in [1.807, 2.05) is 66.7 Å². The Hall–Kier alpha value is -18.2. The molecule has 0 aliphatic carbocycles. The van der Waals surface area contributed by atoms with E-state index in [-0.39, 0.29) is 0 Å². The van der Waals surface area contributed by atoms with Crippen LogP contribution in [-0.2, 0) is 0 Å². The molecule has 0 radical (unpaired) electrons. The van der Waals surface area contributed by atoms with Crippen LogP contribution in [0.2, 0.25) is 0 Å². The third-order valence-corrected chi connectivity index (χ3v) is 27.3. The Labute approximate surface area is 755 Å². The van der Waals surface area contributed by atoms with Crippen molar-refractivity contribution in [3.8, 4) is 90.8 Å². The highest BCUT2D eigenvalue weighted by atomic mass is 16.3. The summed E-state index contributed by atoms with van der Waals surface area (Å²) in [6, 6.07) is 161. The molecule has 132 heavy (non-hydrogen) atoms. The molecule has 0 aliphatic heterocycles. The van der Waals surface area contributed by atoms with Crippen LogP contribution in [0, 0.1) is 22.7 Å². The van der Waals surface area contributed by atoms with Gasteiger partial charge in [0.05, 0.1) is 89.5 Å². The molecule has 0 fully saturated rings. The van der Waals surface area contributed by atoms with Crippen LogP contribution < -0.4 is 0 Å². The lowest BCUT2D eigenvalue weighted by atomic mass is 9.98. The van der Waals surface area contributed by atoms with Crippen molar-refractivity contribution in [1.82, 2.24) is 27.4 Å². The zero-order valence-electron chi connectivity index (χ0n) is 71.0. The zero-order valence-corrected chi connectivity index (χ0v) is 71.0. The van der Waals surface area contributed by atoms with Gasteiger partial charge in [-0.05, 0) is 202 Å². The molecule has 28 rings (SSSR count). The maximum Gasteiger partial charge on any atom is 0.137 e. The number of para-hydroxylation sites is 10. The second kappa shape index (κ2) is 29.2. The van der Waals surface area contributed by atoms with Crippen LogP contribution in [0.15, 0.2) is 446 Å². The van der Waals surface area contributed by atoms with E-state index in [0.29, 0.717) is 11.1 Å². The molecule has 0 N–H and O–H groups in total. The second-order valence-corrected chi connectivity index (χ2v) is 34.4. The fourth-order valence-corrected chi connectivity index (χ4v) is 21.5. The molecule has 8 aromatic heterocycles. The Bertz CT molecular complexity index is 9800. The molecule has 0 saturated heterocycles. The summed E-state index contributed by atoms with van der Waals surface area (Å²) in [4.78, 5) is 0. The molecule has 28 aromatic rings. The van der Waals surface area contributed by atoms with Crippen molar-refractivity contribution in [2.24, 2.45) is 0 Å². The van der Waals surface area contributed by atoms with Crippen LogP contribution in [0.5, 0.6) is 0 Å². The van der Waals surface area contributed by atoms with Gasteiger partial charge in [-0.15, -0.1) is 0 Å². The van der Waals surface area contributed by atoms with Crippen molar-refractivity contribution in [2.45, 2.75) is 0 Å². The third kappa shape index (κ3) is 11.3. The summed E-state index contributed by atoms with van der Waals surface area (Å²) in [6.07, 6.45) is 0. The van der Waals surface area contributed by atoms with E-state index in [0.717, 1.165) is 167 Å². The van der Waals surface area contributed by atoms with E-state index in [1.54, 1.807) is 0 Å². The van der Waals surface area contributed by atoms with Gasteiger partial charge in [-0.3, -0.25) is 0 Å². The number of rotatable bonds is 10. The van der Waals surface area contributed by atoms with Crippen molar-refractivity contribution in [3.63, 3.8) is 0 Å². The molecule has 0 atom stereocenters. The fourth-order valence-electron chi connectivity index (χ4n) is 21.5. The van der Waals surface area contributed by atoms with Gasteiger partial charge in [-0.2, -0.15) is 10.5 Å². The highest BCUT2D eigenvalue weighted by Gasteiger charge is 2.28. The quantitative estimate of drug-likeness (QED) is 0.136. The summed E-state index contributed by atoms with van der Waals surface area (Å²) >= 11 is 0. The van der Waals surface area contributed by atoms with Gasteiger partial charge in [-0.1, -0.05) is 267 Å². The van der Waals surface area contributed by atoms with Crippen molar-refractivity contribution in [3.05, 3.63) is 448 Å². The summed E-state index contributed by atoms with van der Waals surface area (Å²) in [5, 5.41) is 38.0. The molecule has 612 valence electrons. The Morgan fingerprint density at radius 2 is 0.477 bits per heavy atom. The molecule has 0 amide bonds. The number of benzene rings is 20. The Kier molecular flexibility index (Phi) is 16.4. The lowest BCUT2D eigenvalue weighted by Crippen LogP contribution is -2.00. The van der Waals surface area contributed by atoms with E-state index in [9.17, 15) is 10.5 Å². The third-order valence-electron chi connectivity index (χ3n) is 27.3. The van der Waals surface area contributed by atoms with Crippen LogP contribution in [0.25, 0.3) is 253 Å². The minimum Gasteiger partial charge on any atom is -0.456 e. The van der Waals surface area contributed by atoms with Gasteiger partial charge in [-0.25, -0.2) is 0 Å². The summed E-state index contributed by atoms with van der Waals surface area (Å²) in [5.41, 5.74) is 33.5. The standard InChI is InChI=1S/2C61H36N4O/c62-37-38-13-12-14-41(31-38)39-25-27-40(28-26-39)42-32-44(34-45(33-42)64-53-21-8-5-18-47(53)51-35-52-48-19-7-11-24-58(48)66-59(52)36-57(51)64)63-55-23-10-6-20-50(55)60-56(63)30-29-49-46-17-4-9-22-54(46)65(61(49)60)43-15-2-1-3-16-43;62-37-38-22-24-39(25-23-38)40-26-28-41(29-27-40)42-32-44(34-45(33-42)64-53-18-8-5-15-47(53)51-35-52-48-16-7-11-21-58(48)66-59(52)36-57(51)64)63-55-20-10-6-17-50(55)60-56(63)31-30-49-46-14-4-9-19-54(46)65(61(49)60)43-12-2-1-3-13-43/h2*1-36H. The Morgan fingerprint density at radius 1 is 0.159 bits per heavy atom. The minimum atomic E-state index is 0.646. The molecule has 0 bridgehead atoms. The van der Waals surface area contributed by atoms with Gasteiger partial charge in [0.2, 0.25) is 0 Å². The number of furan rings is 2. The van der Waals surface area contributed by atoms with Gasteiger partial charge in [0, 0.05) is 132 Å². The van der Waals surface area contributed by atoms with Gasteiger partial charge in [0.1, 0.15) is 22.3 Å². The second-order valence-electron chi connectivity index (χ2n) is 34.4. The van der Waals surface area contributed by atoms with Gasteiger partial charge in [0.25, 0.3) is 0 Å². The highest BCUT2D eigenvalue weighted by molar-refractivity contribution is 6.29. The highest BCUT2D eigenvalue weighted by Crippen LogP contribution is 2.49. The first-order valence-corrected chi connectivity index (χ1v) is 44.6. The molecule has 0 unspecified atom stereocenters. The minimum absolute atomic E-state index is 0.646. The molecule has 10 heteroatoms. The molecule has 8 heterocycles. The predicted octanol–water partition coefficient (Wildman–Crippen LogP) is 32.2. The first-order chi connectivity index (χ1) is 65.4. The van der Waals surface area contributed by atoms with E-state index < -0.39 is 0 Å². The molecule has 0 spiro atoms. The van der Waals surface area contributed by atoms with Crippen LogP contribution in [0.1, 0.15) is 11.1 Å². The lowest BCUT2D eigenvalue weighted by molar-refractivity contribution is 0.669. The van der Waals surface area contributed by atoms with Crippen molar-refractivity contribution < 1.29 is 8.83 Å². The summed E-state index contributed by atoms with van der Waals surface area (Å²) in [5.74, 6) is 0. The van der Waals surface area contributed by atoms with Crippen LogP contribution in [-0.4, -0.2) is 27.4 Å². The van der Waals surface area contributed by atoms with Crippen molar-refractivity contribution in [2.75, 3.05) is 0 Å². The van der Waals surface area contributed by atoms with Crippen molar-refractivity contribution >= 4 is 175 Å². The van der Waals surface area contributed by atoms with E-state index >= 15 is 0 Å². The first-order valence-electron chi connectivity index (χ1n) is 44.6. The fraction of sp³-hybridized carbons (Fsp3) is 0. The topological polar surface area (TPSA) is 103 Å². The van der Waals surface area contributed by atoms with E-state index in [4.69, 9.17) is 8.83 Å². The number of nitriles is 2. The predicted molar refractivity (Wildman–Crippen MR) is 545 cm³/mol. The normalized spacial score (nSPS) is 11.9. The lowest BCUT2D eigenvalue weighted by Gasteiger charge is -2.16. The number of hydrogen-bond donors (Lipinski definition) is 0. The number of aromatic nitrogens is 6. The maximum atomic E-state index is 9.65. The average Bonchev–Trinajstić information content (AvgIpc) is 1.60. The Balaban J connectivity index is 0.000000135. The monoisotopic (exact) mass is 1680 g/mol. The van der Waals surface area contributed by atoms with Gasteiger partial charge in [0.15, 0.2) is 0 Å². The van der Waals surface area contributed by atoms with E-state index in [2.05, 4.69) is 410 Å². The number of hydrogen-bond acceptors (Lipinski definition) is 4. The molecular weight excluding hydrogens is 1610 g/mol. The molecule has 0 aliphatic rings. The van der Waals surface area contributed by atoms with Crippen LogP contribution in [0.4, 0.5) is 0 Å². The van der Waals surface area contributed by atoms with Gasteiger partial charge < -0.3 is 36.2 Å². The summed E-state index contributed by atoms with van der Waals surface area (Å²) < 4.78 is 27.7. The molecule has 10 nitrogen and oxygen atoms in total. The van der Waals surface area contributed by atoms with Crippen molar-refractivity contribution in [1.29, 1.82) is 10.5 Å². The van der Waals surface area contributed by atoms with Crippen LogP contribution >= 0.6 is 0 Å². The molecular formula is C122H72N8O2. The number of fused-ring (bicyclic) bond motifs is 26. The summed E-state index contributed by atoms with van der Waals surface area (Å²) in [6.45, 7) is 0. The Morgan fingerprint density at radius 3 is 0.879 bits per heavy atom. The summed E-state index contributed by atoms with van der Waals surface area (Å²) in [7, 11) is 0. The maximum absolute atomic E-state index is 9.65. The SMILES string of the molecule is N#Cc1ccc(-c2ccc(-c3cc(-n4c5ccccc5c5cc6c(cc54)oc4ccccc46)cc(-n4c5ccccc5c5c4ccc4c6ccccc6n(-c6ccccc6)c45)c3)cc2)cc1.N#Cc1cccc(-c2ccc(-c3cc(-n4c5ccccc5c5cc6c(cc54)oc4ccccc46)cc(-n4c5ccccc5c5c4ccc4c6ccccc6n(-c6ccccc6)c45)c3)cc2)c1. The average molecular weight is 1680 g/mol. The molecule has 0 saturated carbocycles. The smallest absolute Gasteiger partial charge is 0.137 e. The van der Waals surface area contributed by atoms with E-state index in [1.165, 1.54) is 86.7 Å². The first kappa shape index (κ1) is 74.1. The molecule has 20 aromatic carbocycles. The van der Waals surface area contributed by atoms with Gasteiger partial charge >= 0.3 is 0 Å². The van der Waals surface area contributed by atoms with Crippen LogP contribution in [0.3, 0.4) is 0 Å². The zero-order chi connectivity index (χ0) is 86.9.